The number of hydrogen-bond donors (Lipinski definition) is 1. The number of alkyl halides is 3. The van der Waals surface area contributed by atoms with Crippen molar-refractivity contribution in [1.82, 2.24) is 25.1 Å². The topological polar surface area (TPSA) is 110 Å². The summed E-state index contributed by atoms with van der Waals surface area (Å²) in [5.41, 5.74) is 0.939. The molecule has 0 atom stereocenters. The average Bonchev–Trinajstić information content (AvgIpc) is 3.31. The monoisotopic (exact) mass is 535 g/mol. The maximum absolute atomic E-state index is 12.7. The highest BCUT2D eigenvalue weighted by molar-refractivity contribution is 7.99. The van der Waals surface area contributed by atoms with Crippen LogP contribution in [0.25, 0.3) is 0 Å². The summed E-state index contributed by atoms with van der Waals surface area (Å²) >= 11 is 1.47. The van der Waals surface area contributed by atoms with E-state index < -0.39 is 23.8 Å². The maximum Gasteiger partial charge on any atom is 0.416 e. The fourth-order valence-electron chi connectivity index (χ4n) is 3.82. The van der Waals surface area contributed by atoms with Crippen LogP contribution in [0, 0.1) is 0 Å². The van der Waals surface area contributed by atoms with Gasteiger partial charge in [-0.05, 0) is 65.1 Å². The molecule has 2 aromatic carbocycles. The Balaban J connectivity index is 1.23. The Morgan fingerprint density at radius 2 is 1.65 bits per heavy atom. The number of likely N-dealkylation sites (tertiary alicyclic amines) is 1. The zero-order chi connectivity index (χ0) is 26.4. The third-order valence-corrected chi connectivity index (χ3v) is 7.13. The molecule has 0 aliphatic carbocycles. The summed E-state index contributed by atoms with van der Waals surface area (Å²) in [6.45, 7) is 1.19. The van der Waals surface area contributed by atoms with Crippen molar-refractivity contribution >= 4 is 23.8 Å². The lowest BCUT2D eigenvalue weighted by molar-refractivity contribution is -0.138. The average molecular weight is 536 g/mol. The van der Waals surface area contributed by atoms with Crippen LogP contribution in [-0.2, 0) is 23.9 Å². The first-order valence-corrected chi connectivity index (χ1v) is 12.4. The number of ether oxygens (including phenoxy) is 1. The SMILES string of the molecule is O=C(O)CCn1nnnc1SC1CCN(C(=O)Oc2ccc(Cc3ccc(C(F)(F)F)cc3)cc2)CC1. The fraction of sp³-hybridized carbons (Fsp3) is 0.375. The molecule has 1 aromatic heterocycles. The number of nitrogens with zero attached hydrogens (tertiary/aromatic N) is 5. The van der Waals surface area contributed by atoms with Gasteiger partial charge in [-0.15, -0.1) is 5.10 Å². The number of hydrogen-bond acceptors (Lipinski definition) is 7. The van der Waals surface area contributed by atoms with Crippen LogP contribution in [0.4, 0.5) is 18.0 Å². The van der Waals surface area contributed by atoms with Crippen molar-refractivity contribution in [3.05, 3.63) is 65.2 Å². The Morgan fingerprint density at radius 1 is 1.03 bits per heavy atom. The second-order valence-corrected chi connectivity index (χ2v) is 9.78. The van der Waals surface area contributed by atoms with E-state index in [1.165, 1.54) is 28.6 Å². The standard InChI is InChI=1S/C24H24F3N5O4S/c25-24(26,27)18-5-1-16(2-6-18)15-17-3-7-19(8-4-17)36-23(35)31-12-9-20(10-13-31)37-22-28-29-30-32(22)14-11-21(33)34/h1-8,20H,9-15H2,(H,33,34). The molecule has 1 saturated heterocycles. The zero-order valence-corrected chi connectivity index (χ0v) is 20.4. The van der Waals surface area contributed by atoms with Crippen LogP contribution in [0.5, 0.6) is 5.75 Å². The number of benzene rings is 2. The van der Waals surface area contributed by atoms with Crippen molar-refractivity contribution in [2.24, 2.45) is 0 Å². The molecule has 1 aliphatic rings. The van der Waals surface area contributed by atoms with Crippen molar-refractivity contribution in [1.29, 1.82) is 0 Å². The lowest BCUT2D eigenvalue weighted by Crippen LogP contribution is -2.41. The number of piperidine rings is 1. The minimum atomic E-state index is -4.36. The highest BCUT2D eigenvalue weighted by atomic mass is 32.2. The Hall–Kier alpha value is -3.61. The van der Waals surface area contributed by atoms with Crippen molar-refractivity contribution in [2.75, 3.05) is 13.1 Å². The van der Waals surface area contributed by atoms with Gasteiger partial charge in [0.05, 0.1) is 18.5 Å². The highest BCUT2D eigenvalue weighted by Gasteiger charge is 2.30. The molecule has 1 fully saturated rings. The van der Waals surface area contributed by atoms with E-state index in [1.807, 2.05) is 0 Å². The molecular formula is C24H24F3N5O4S. The largest absolute Gasteiger partial charge is 0.481 e. The number of carboxylic acids is 1. The number of halogens is 3. The summed E-state index contributed by atoms with van der Waals surface area (Å²) < 4.78 is 45.1. The first-order chi connectivity index (χ1) is 17.7. The van der Waals surface area contributed by atoms with Gasteiger partial charge in [-0.25, -0.2) is 9.48 Å². The number of carbonyl (C=O) groups excluding carboxylic acids is 1. The molecule has 0 unspecified atom stereocenters. The summed E-state index contributed by atoms with van der Waals surface area (Å²) in [4.78, 5) is 25.0. The van der Waals surface area contributed by atoms with E-state index in [4.69, 9.17) is 9.84 Å². The van der Waals surface area contributed by atoms with Gasteiger partial charge in [0.15, 0.2) is 0 Å². The lowest BCUT2D eigenvalue weighted by Gasteiger charge is -2.30. The minimum Gasteiger partial charge on any atom is -0.481 e. The Morgan fingerprint density at radius 3 is 2.24 bits per heavy atom. The van der Waals surface area contributed by atoms with Gasteiger partial charge < -0.3 is 14.7 Å². The molecule has 9 nitrogen and oxygen atoms in total. The minimum absolute atomic E-state index is 0.0705. The molecule has 0 saturated carbocycles. The number of tetrazole rings is 1. The number of rotatable bonds is 8. The first kappa shape index (κ1) is 26.5. The summed E-state index contributed by atoms with van der Waals surface area (Å²) in [5.74, 6) is -0.540. The third-order valence-electron chi connectivity index (χ3n) is 5.83. The van der Waals surface area contributed by atoms with Gasteiger partial charge in [0, 0.05) is 18.3 Å². The van der Waals surface area contributed by atoms with Crippen LogP contribution in [0.15, 0.2) is 53.7 Å². The first-order valence-electron chi connectivity index (χ1n) is 11.5. The van der Waals surface area contributed by atoms with E-state index in [0.717, 1.165) is 23.3 Å². The number of carbonyl (C=O) groups is 2. The van der Waals surface area contributed by atoms with E-state index in [9.17, 15) is 22.8 Å². The van der Waals surface area contributed by atoms with Crippen molar-refractivity contribution < 1.29 is 32.6 Å². The van der Waals surface area contributed by atoms with E-state index in [2.05, 4.69) is 15.5 Å². The molecule has 0 radical (unpaired) electrons. The van der Waals surface area contributed by atoms with Gasteiger partial charge in [-0.3, -0.25) is 4.79 Å². The molecule has 3 aromatic rings. The third kappa shape index (κ3) is 7.44. The van der Waals surface area contributed by atoms with Gasteiger partial charge in [0.2, 0.25) is 5.16 Å². The Kier molecular flexibility index (Phi) is 8.31. The number of aryl methyl sites for hydroxylation is 1. The van der Waals surface area contributed by atoms with Gasteiger partial charge in [0.1, 0.15) is 5.75 Å². The van der Waals surface area contributed by atoms with Crippen LogP contribution in [0.2, 0.25) is 0 Å². The number of aromatic nitrogens is 4. The molecule has 196 valence electrons. The zero-order valence-electron chi connectivity index (χ0n) is 19.6. The fourth-order valence-corrected chi connectivity index (χ4v) is 4.89. The second kappa shape index (κ2) is 11.6. The second-order valence-electron chi connectivity index (χ2n) is 8.52. The summed E-state index contributed by atoms with van der Waals surface area (Å²) in [6.07, 6.45) is -3.02. The molecule has 13 heteroatoms. The smallest absolute Gasteiger partial charge is 0.416 e. The number of thioether (sulfide) groups is 1. The molecular weight excluding hydrogens is 511 g/mol. The summed E-state index contributed by atoms with van der Waals surface area (Å²) in [7, 11) is 0. The van der Waals surface area contributed by atoms with Crippen LogP contribution in [0.1, 0.15) is 36.0 Å². The number of amides is 1. The molecule has 1 aliphatic heterocycles. The van der Waals surface area contributed by atoms with Crippen molar-refractivity contribution in [2.45, 2.75) is 48.8 Å². The molecule has 2 heterocycles. The van der Waals surface area contributed by atoms with E-state index in [-0.39, 0.29) is 18.2 Å². The van der Waals surface area contributed by atoms with Crippen LogP contribution < -0.4 is 4.74 Å². The van der Waals surface area contributed by atoms with Crippen LogP contribution >= 0.6 is 11.8 Å². The van der Waals surface area contributed by atoms with Crippen molar-refractivity contribution in [3.8, 4) is 5.75 Å². The normalized spacial score (nSPS) is 14.5. The lowest BCUT2D eigenvalue weighted by atomic mass is 10.0. The number of carboxylic acid groups (broad SMARTS) is 1. The van der Waals surface area contributed by atoms with Crippen LogP contribution in [-0.4, -0.2) is 60.6 Å². The van der Waals surface area contributed by atoms with Crippen LogP contribution in [0.3, 0.4) is 0 Å². The van der Waals surface area contributed by atoms with Crippen molar-refractivity contribution in [3.63, 3.8) is 0 Å². The summed E-state index contributed by atoms with van der Waals surface area (Å²) in [5, 5.41) is 21.0. The molecule has 1 amide bonds. The Bertz CT molecular complexity index is 1210. The molecule has 0 spiro atoms. The number of aliphatic carboxylic acids is 1. The molecule has 37 heavy (non-hydrogen) atoms. The quantitative estimate of drug-likeness (QED) is 0.449. The maximum atomic E-state index is 12.7. The molecule has 1 N–H and O–H groups in total. The predicted molar refractivity (Wildman–Crippen MR) is 127 cm³/mol. The van der Waals surface area contributed by atoms with E-state index >= 15 is 0 Å². The highest BCUT2D eigenvalue weighted by Crippen LogP contribution is 2.30. The van der Waals surface area contributed by atoms with E-state index in [1.54, 1.807) is 29.2 Å². The Labute approximate surface area is 214 Å². The molecule has 0 bridgehead atoms. The van der Waals surface area contributed by atoms with Gasteiger partial charge in [-0.1, -0.05) is 36.0 Å². The van der Waals surface area contributed by atoms with Gasteiger partial charge >= 0.3 is 18.2 Å². The predicted octanol–water partition coefficient (Wildman–Crippen LogP) is 4.51. The molecule has 4 rings (SSSR count). The van der Waals surface area contributed by atoms with Gasteiger partial charge in [0.25, 0.3) is 0 Å². The van der Waals surface area contributed by atoms with E-state index in [0.29, 0.717) is 43.3 Å². The summed E-state index contributed by atoms with van der Waals surface area (Å²) in [6, 6.07) is 11.9. The van der Waals surface area contributed by atoms with Gasteiger partial charge in [-0.2, -0.15) is 13.2 Å².